The van der Waals surface area contributed by atoms with E-state index < -0.39 is 11.7 Å². The fourth-order valence-corrected chi connectivity index (χ4v) is 2.50. The summed E-state index contributed by atoms with van der Waals surface area (Å²) in [5, 5.41) is 0. The number of alkyl halides is 3. The Morgan fingerprint density at radius 2 is 2.00 bits per heavy atom. The third-order valence-electron chi connectivity index (χ3n) is 3.84. The zero-order valence-electron chi connectivity index (χ0n) is 14.5. The van der Waals surface area contributed by atoms with Gasteiger partial charge in [0.1, 0.15) is 5.82 Å². The van der Waals surface area contributed by atoms with Crippen molar-refractivity contribution in [2.45, 2.75) is 32.9 Å². The van der Waals surface area contributed by atoms with Gasteiger partial charge in [-0.2, -0.15) is 13.2 Å². The first-order valence-corrected chi connectivity index (χ1v) is 8.00. The fraction of sp³-hybridized carbons (Fsp3) is 0.250. The normalized spacial score (nSPS) is 13.0. The van der Waals surface area contributed by atoms with Gasteiger partial charge in [0.15, 0.2) is 0 Å². The van der Waals surface area contributed by atoms with Gasteiger partial charge in [-0.05, 0) is 30.5 Å². The number of halogens is 3. The molecule has 1 aromatic heterocycles. The van der Waals surface area contributed by atoms with Crippen LogP contribution in [0.5, 0.6) is 0 Å². The number of rotatable bonds is 5. The van der Waals surface area contributed by atoms with Crippen molar-refractivity contribution in [3.8, 4) is 5.69 Å². The van der Waals surface area contributed by atoms with E-state index in [2.05, 4.69) is 11.6 Å². The molecule has 0 amide bonds. The predicted octanol–water partition coefficient (Wildman–Crippen LogP) is 6.16. The van der Waals surface area contributed by atoms with Crippen molar-refractivity contribution >= 4 is 5.57 Å². The number of benzene rings is 1. The lowest BCUT2D eigenvalue weighted by Crippen LogP contribution is -2.13. The minimum atomic E-state index is -4.46. The Morgan fingerprint density at radius 1 is 1.28 bits per heavy atom. The number of aromatic nitrogens is 2. The van der Waals surface area contributed by atoms with Crippen molar-refractivity contribution in [2.75, 3.05) is 0 Å². The van der Waals surface area contributed by atoms with Crippen molar-refractivity contribution in [3.05, 3.63) is 78.4 Å². The molecule has 0 atom stereocenters. The maximum absolute atomic E-state index is 13.6. The van der Waals surface area contributed by atoms with E-state index in [1.54, 1.807) is 24.3 Å². The lowest BCUT2D eigenvalue weighted by Gasteiger charge is -2.18. The molecule has 2 nitrogen and oxygen atoms in total. The molecule has 0 saturated carbocycles. The summed E-state index contributed by atoms with van der Waals surface area (Å²) < 4.78 is 42.3. The number of hydrogen-bond acceptors (Lipinski definition) is 1. The quantitative estimate of drug-likeness (QED) is 0.593. The first-order chi connectivity index (χ1) is 11.8. The molecule has 1 aromatic carbocycles. The lowest BCUT2D eigenvalue weighted by molar-refractivity contribution is -0.137. The van der Waals surface area contributed by atoms with Crippen LogP contribution in [0.25, 0.3) is 11.3 Å². The highest BCUT2D eigenvalue weighted by Gasteiger charge is 2.35. The van der Waals surface area contributed by atoms with E-state index in [-0.39, 0.29) is 11.6 Å². The summed E-state index contributed by atoms with van der Waals surface area (Å²) in [6.45, 7) is 9.33. The van der Waals surface area contributed by atoms with Crippen molar-refractivity contribution < 1.29 is 13.2 Å². The van der Waals surface area contributed by atoms with Gasteiger partial charge in [-0.15, -0.1) is 0 Å². The van der Waals surface area contributed by atoms with Crippen LogP contribution in [-0.4, -0.2) is 9.55 Å². The van der Waals surface area contributed by atoms with E-state index in [1.807, 2.05) is 26.8 Å². The highest BCUT2D eigenvalue weighted by Crippen LogP contribution is 2.36. The molecule has 0 spiro atoms. The van der Waals surface area contributed by atoms with Gasteiger partial charge in [0, 0.05) is 18.0 Å². The van der Waals surface area contributed by atoms with Crippen molar-refractivity contribution in [1.29, 1.82) is 0 Å². The summed E-state index contributed by atoms with van der Waals surface area (Å²) in [5.41, 5.74) is 0.667. The molecule has 2 aromatic rings. The molecule has 0 radical (unpaired) electrons. The van der Waals surface area contributed by atoms with Crippen LogP contribution in [0.4, 0.5) is 13.2 Å². The molecular weight excluding hydrogens is 325 g/mol. The standard InChI is InChI=1S/C20H21F3N2/c1-5-7-8-15(6-2)19-24-11-12-25(19)18-10-9-16(14(3)4)13-17(18)20(21,22)23/h5-14H,2H2,1,3-4H3/b7-5-,15-8+. The molecular formula is C20H21F3N2. The zero-order chi connectivity index (χ0) is 18.6. The fourth-order valence-electron chi connectivity index (χ4n) is 2.50. The van der Waals surface area contributed by atoms with Crippen LogP contribution in [0.3, 0.4) is 0 Å². The SMILES string of the molecule is C=C/C(=C\C=C/C)c1nccn1-c1ccc(C(C)C)cc1C(F)(F)F. The second-order valence-electron chi connectivity index (χ2n) is 5.90. The first kappa shape index (κ1) is 18.8. The molecule has 0 unspecified atom stereocenters. The Labute approximate surface area is 146 Å². The second-order valence-corrected chi connectivity index (χ2v) is 5.90. The van der Waals surface area contributed by atoms with Crippen molar-refractivity contribution in [1.82, 2.24) is 9.55 Å². The Morgan fingerprint density at radius 3 is 2.56 bits per heavy atom. The first-order valence-electron chi connectivity index (χ1n) is 8.00. The third-order valence-corrected chi connectivity index (χ3v) is 3.84. The molecule has 0 aliphatic rings. The summed E-state index contributed by atoms with van der Waals surface area (Å²) in [7, 11) is 0. The molecule has 0 aliphatic carbocycles. The monoisotopic (exact) mass is 346 g/mol. The zero-order valence-corrected chi connectivity index (χ0v) is 14.5. The molecule has 0 N–H and O–H groups in total. The predicted molar refractivity (Wildman–Crippen MR) is 95.6 cm³/mol. The number of allylic oxidation sites excluding steroid dienone is 5. The van der Waals surface area contributed by atoms with Gasteiger partial charge in [0.25, 0.3) is 0 Å². The molecule has 0 aliphatic heterocycles. The van der Waals surface area contributed by atoms with E-state index in [4.69, 9.17) is 0 Å². The van der Waals surface area contributed by atoms with E-state index in [9.17, 15) is 13.2 Å². The molecule has 1 heterocycles. The molecule has 2 rings (SSSR count). The maximum atomic E-state index is 13.6. The summed E-state index contributed by atoms with van der Waals surface area (Å²) in [4.78, 5) is 4.22. The summed E-state index contributed by atoms with van der Waals surface area (Å²) in [5.74, 6) is 0.423. The Bertz CT molecular complexity index is 809. The summed E-state index contributed by atoms with van der Waals surface area (Å²) in [6, 6.07) is 4.44. The van der Waals surface area contributed by atoms with E-state index in [1.165, 1.54) is 29.1 Å². The van der Waals surface area contributed by atoms with Gasteiger partial charge in [0.05, 0.1) is 11.3 Å². The van der Waals surface area contributed by atoms with Crippen LogP contribution in [-0.2, 0) is 6.18 Å². The summed E-state index contributed by atoms with van der Waals surface area (Å²) in [6.07, 6.45) is 5.53. The van der Waals surface area contributed by atoms with Gasteiger partial charge in [-0.3, -0.25) is 4.57 Å². The van der Waals surface area contributed by atoms with Gasteiger partial charge in [0.2, 0.25) is 0 Å². The topological polar surface area (TPSA) is 17.8 Å². The molecule has 0 fully saturated rings. The Hall–Kier alpha value is -2.56. The maximum Gasteiger partial charge on any atom is 0.418 e. The van der Waals surface area contributed by atoms with E-state index in [0.717, 1.165) is 0 Å². The van der Waals surface area contributed by atoms with E-state index >= 15 is 0 Å². The highest BCUT2D eigenvalue weighted by molar-refractivity contribution is 5.72. The minimum Gasteiger partial charge on any atom is -0.299 e. The van der Waals surface area contributed by atoms with Gasteiger partial charge in [-0.25, -0.2) is 4.98 Å². The van der Waals surface area contributed by atoms with Gasteiger partial charge < -0.3 is 0 Å². The Balaban J connectivity index is 2.68. The van der Waals surface area contributed by atoms with Crippen LogP contribution in [0.15, 0.2) is 61.5 Å². The lowest BCUT2D eigenvalue weighted by atomic mass is 9.99. The van der Waals surface area contributed by atoms with Crippen LogP contribution < -0.4 is 0 Å². The van der Waals surface area contributed by atoms with Crippen molar-refractivity contribution in [2.24, 2.45) is 0 Å². The average molecular weight is 346 g/mol. The van der Waals surface area contributed by atoms with Gasteiger partial charge in [-0.1, -0.05) is 50.8 Å². The Kier molecular flexibility index (Phi) is 5.67. The number of imidazole rings is 1. The number of hydrogen-bond donors (Lipinski definition) is 0. The molecule has 0 bridgehead atoms. The largest absolute Gasteiger partial charge is 0.418 e. The van der Waals surface area contributed by atoms with Crippen molar-refractivity contribution in [3.63, 3.8) is 0 Å². The van der Waals surface area contributed by atoms with Crippen LogP contribution >= 0.6 is 0 Å². The second kappa shape index (κ2) is 7.55. The number of nitrogens with zero attached hydrogens (tertiary/aromatic N) is 2. The molecule has 0 saturated heterocycles. The molecule has 5 heteroatoms. The van der Waals surface area contributed by atoms with Crippen LogP contribution in [0, 0.1) is 0 Å². The molecule has 25 heavy (non-hydrogen) atoms. The van der Waals surface area contributed by atoms with Gasteiger partial charge >= 0.3 is 6.18 Å². The third kappa shape index (κ3) is 4.10. The highest BCUT2D eigenvalue weighted by atomic mass is 19.4. The van der Waals surface area contributed by atoms with Crippen LogP contribution in [0.2, 0.25) is 0 Å². The van der Waals surface area contributed by atoms with Crippen LogP contribution in [0.1, 0.15) is 43.6 Å². The average Bonchev–Trinajstić information content (AvgIpc) is 3.03. The molecule has 132 valence electrons. The minimum absolute atomic E-state index is 0.00994. The summed E-state index contributed by atoms with van der Waals surface area (Å²) >= 11 is 0. The smallest absolute Gasteiger partial charge is 0.299 e. The van der Waals surface area contributed by atoms with E-state index in [0.29, 0.717) is 17.0 Å².